The van der Waals surface area contributed by atoms with Crippen molar-refractivity contribution < 1.29 is 38.9 Å². The van der Waals surface area contributed by atoms with E-state index in [9.17, 15) is 29.4 Å². The van der Waals surface area contributed by atoms with Gasteiger partial charge in [-0.1, -0.05) is 38.2 Å². The summed E-state index contributed by atoms with van der Waals surface area (Å²) in [5.41, 5.74) is -0.754. The van der Waals surface area contributed by atoms with Gasteiger partial charge < -0.3 is 35.2 Å². The number of carbonyl (C=O) groups excluding carboxylic acids is 3. The van der Waals surface area contributed by atoms with Crippen molar-refractivity contribution in [3.05, 3.63) is 35.7 Å². The molecule has 1 saturated carbocycles. The number of carboxylic acids is 1. The van der Waals surface area contributed by atoms with E-state index in [1.807, 2.05) is 17.5 Å². The average molecular weight is 694 g/mol. The number of hydrogen-bond acceptors (Lipinski definition) is 10. The normalized spacial score (nSPS) is 26.5. The van der Waals surface area contributed by atoms with Crippen LogP contribution in [0.4, 0.5) is 4.79 Å². The topological polar surface area (TPSA) is 180 Å². The second-order valence-electron chi connectivity index (χ2n) is 14.2. The molecule has 2 saturated heterocycles. The monoisotopic (exact) mass is 693 g/mol. The second-order valence-corrected chi connectivity index (χ2v) is 15.2. The van der Waals surface area contributed by atoms with Crippen molar-refractivity contribution in [3.8, 4) is 22.2 Å². The number of carboxylic acid groups (broad SMARTS) is 1. The lowest BCUT2D eigenvalue weighted by Crippen LogP contribution is -2.56. The highest BCUT2D eigenvalue weighted by Crippen LogP contribution is 2.47. The molecule has 0 radical (unpaired) electrons. The van der Waals surface area contributed by atoms with Gasteiger partial charge in [-0.05, 0) is 69.5 Å². The predicted octanol–water partition coefficient (Wildman–Crippen LogP) is 5.01. The number of aliphatic carboxylic acids is 1. The largest absolute Gasteiger partial charge is 0.508 e. The molecule has 1 aromatic carbocycles. The highest BCUT2D eigenvalue weighted by molar-refractivity contribution is 7.13. The molecule has 3 amide bonds. The van der Waals surface area contributed by atoms with Gasteiger partial charge >= 0.3 is 12.1 Å². The molecule has 2 aromatic heterocycles. The Balaban J connectivity index is 1.32. The third-order valence-electron chi connectivity index (χ3n) is 9.36. The number of benzene rings is 1. The van der Waals surface area contributed by atoms with Crippen molar-refractivity contribution in [2.24, 2.45) is 5.92 Å². The Morgan fingerprint density at radius 3 is 2.53 bits per heavy atom. The fourth-order valence-electron chi connectivity index (χ4n) is 6.84. The Morgan fingerprint density at radius 2 is 1.82 bits per heavy atom. The summed E-state index contributed by atoms with van der Waals surface area (Å²) in [7, 11) is 0. The van der Waals surface area contributed by atoms with Gasteiger partial charge in [0.25, 0.3) is 0 Å². The van der Waals surface area contributed by atoms with Gasteiger partial charge in [-0.2, -0.15) is 0 Å². The molecule has 14 heteroatoms. The second kappa shape index (κ2) is 13.8. The van der Waals surface area contributed by atoms with Crippen molar-refractivity contribution in [3.63, 3.8) is 0 Å². The number of phenolic OH excluding ortho intramolecular Hbond substituents is 1. The van der Waals surface area contributed by atoms with E-state index in [1.165, 1.54) is 28.4 Å². The summed E-state index contributed by atoms with van der Waals surface area (Å²) >= 11 is 1.44. The van der Waals surface area contributed by atoms with Crippen molar-refractivity contribution in [1.82, 2.24) is 25.5 Å². The SMILES string of the molecule is CC(C)(C)OC(=O)N[C@H]1CCCCCCCC2CC2(C(=O)O)NC(=O)[C@@H]2C[C@@H](Oc3nc4ccc(O)cc4nc3-c3cccs3)CN2C1=O. The van der Waals surface area contributed by atoms with Crippen LogP contribution in [0.5, 0.6) is 11.6 Å². The molecule has 0 bridgehead atoms. The Hall–Kier alpha value is -4.46. The number of fused-ring (bicyclic) bond motifs is 3. The van der Waals surface area contributed by atoms with Crippen LogP contribution in [0.15, 0.2) is 35.7 Å². The molecule has 13 nitrogen and oxygen atoms in total. The fraction of sp³-hybridized carbons (Fsp3) is 0.543. The standard InChI is InChI=1S/C35H43N5O8S/c1-34(2,3)48-33(46)38-24-11-8-6-4-5-7-10-20-18-35(20,32(44)45)39-29(42)26-17-22(19-40(26)31(24)43)47-30-28(27-12-9-15-49-27)36-25-16-21(41)13-14-23(25)37-30/h9,12-16,20,22,24,26,41H,4-8,10-11,17-19H2,1-3H3,(H,38,46)(H,39,42)(H,44,45)/t20?,22-,24+,26+,35?/m1/s1. The Morgan fingerprint density at radius 1 is 1.06 bits per heavy atom. The number of aromatic hydroxyl groups is 1. The van der Waals surface area contributed by atoms with Gasteiger partial charge in [-0.3, -0.25) is 9.59 Å². The number of thiophene rings is 1. The number of hydrogen-bond donors (Lipinski definition) is 4. The number of rotatable bonds is 5. The van der Waals surface area contributed by atoms with Crippen LogP contribution < -0.4 is 15.4 Å². The Bertz CT molecular complexity index is 1730. The molecule has 4 heterocycles. The summed E-state index contributed by atoms with van der Waals surface area (Å²) in [5, 5.41) is 27.7. The molecule has 6 rings (SSSR count). The van der Waals surface area contributed by atoms with E-state index < -0.39 is 53.2 Å². The van der Waals surface area contributed by atoms with Crippen LogP contribution in [0.25, 0.3) is 21.6 Å². The zero-order chi connectivity index (χ0) is 34.9. The van der Waals surface area contributed by atoms with Crippen LogP contribution in [0.3, 0.4) is 0 Å². The van der Waals surface area contributed by atoms with Crippen LogP contribution in [-0.2, 0) is 19.1 Å². The molecular weight excluding hydrogens is 650 g/mol. The minimum Gasteiger partial charge on any atom is -0.508 e. The van der Waals surface area contributed by atoms with E-state index in [0.717, 1.165) is 30.6 Å². The molecule has 262 valence electrons. The Kier molecular flexibility index (Phi) is 9.70. The van der Waals surface area contributed by atoms with Crippen LogP contribution in [0, 0.1) is 5.92 Å². The molecule has 2 aliphatic heterocycles. The van der Waals surface area contributed by atoms with Crippen LogP contribution in [0.2, 0.25) is 0 Å². The first-order valence-corrected chi connectivity index (χ1v) is 17.8. The number of amides is 3. The van der Waals surface area contributed by atoms with Gasteiger partial charge in [0.2, 0.25) is 17.7 Å². The van der Waals surface area contributed by atoms with Gasteiger partial charge in [-0.15, -0.1) is 11.3 Å². The zero-order valence-corrected chi connectivity index (χ0v) is 28.8. The predicted molar refractivity (Wildman–Crippen MR) is 181 cm³/mol. The van der Waals surface area contributed by atoms with E-state index in [-0.39, 0.29) is 30.5 Å². The average Bonchev–Trinajstić information content (AvgIpc) is 3.33. The van der Waals surface area contributed by atoms with Crippen molar-refractivity contribution in [2.75, 3.05) is 6.54 Å². The lowest BCUT2D eigenvalue weighted by molar-refractivity contribution is -0.146. The summed E-state index contributed by atoms with van der Waals surface area (Å²) in [6, 6.07) is 6.36. The minimum atomic E-state index is -1.37. The third-order valence-corrected chi connectivity index (χ3v) is 10.2. The minimum absolute atomic E-state index is 0.00784. The summed E-state index contributed by atoms with van der Waals surface area (Å²) in [5.74, 6) is -2.06. The first-order chi connectivity index (χ1) is 23.3. The number of nitrogens with zero attached hydrogens (tertiary/aromatic N) is 3. The number of alkyl carbamates (subject to hydrolysis) is 1. The van der Waals surface area contributed by atoms with Gasteiger partial charge in [0.05, 0.1) is 22.5 Å². The summed E-state index contributed by atoms with van der Waals surface area (Å²) < 4.78 is 11.9. The quantitative estimate of drug-likeness (QED) is 0.284. The lowest BCUT2D eigenvalue weighted by atomic mass is 10.0. The third kappa shape index (κ3) is 7.74. The number of nitrogens with one attached hydrogen (secondary N) is 2. The maximum Gasteiger partial charge on any atom is 0.408 e. The first kappa shape index (κ1) is 34.4. The van der Waals surface area contributed by atoms with Gasteiger partial charge in [0.15, 0.2) is 0 Å². The van der Waals surface area contributed by atoms with Crippen molar-refractivity contribution >= 4 is 46.2 Å². The number of ether oxygens (including phenoxy) is 2. The summed E-state index contributed by atoms with van der Waals surface area (Å²) in [6.45, 7) is 5.20. The van der Waals surface area contributed by atoms with Crippen LogP contribution in [0.1, 0.15) is 78.6 Å². The van der Waals surface area contributed by atoms with Gasteiger partial charge in [0.1, 0.15) is 40.8 Å². The highest BCUT2D eigenvalue weighted by atomic mass is 32.1. The van der Waals surface area contributed by atoms with Gasteiger partial charge in [-0.25, -0.2) is 19.6 Å². The van der Waals surface area contributed by atoms with Crippen LogP contribution in [-0.4, -0.2) is 84.8 Å². The lowest BCUT2D eigenvalue weighted by Gasteiger charge is -2.30. The fourth-order valence-corrected chi connectivity index (χ4v) is 7.55. The Labute approximate surface area is 288 Å². The molecule has 4 N–H and O–H groups in total. The molecule has 2 unspecified atom stereocenters. The first-order valence-electron chi connectivity index (χ1n) is 16.9. The van der Waals surface area contributed by atoms with Crippen molar-refractivity contribution in [2.45, 2.75) is 108 Å². The van der Waals surface area contributed by atoms with Crippen molar-refractivity contribution in [1.29, 1.82) is 0 Å². The number of carbonyl (C=O) groups is 4. The number of phenols is 1. The molecule has 3 fully saturated rings. The molecular formula is C35H43N5O8S. The van der Waals surface area contributed by atoms with E-state index in [1.54, 1.807) is 26.8 Å². The summed E-state index contributed by atoms with van der Waals surface area (Å²) in [4.78, 5) is 65.3. The van der Waals surface area contributed by atoms with E-state index in [2.05, 4.69) is 10.6 Å². The molecule has 1 aliphatic carbocycles. The van der Waals surface area contributed by atoms with E-state index in [0.29, 0.717) is 42.4 Å². The molecule has 49 heavy (non-hydrogen) atoms. The molecule has 3 aromatic rings. The smallest absolute Gasteiger partial charge is 0.408 e. The molecule has 0 spiro atoms. The summed E-state index contributed by atoms with van der Waals surface area (Å²) in [6.07, 6.45) is 4.18. The number of aromatic nitrogens is 2. The maximum atomic E-state index is 14.3. The molecule has 5 atom stereocenters. The van der Waals surface area contributed by atoms with E-state index in [4.69, 9.17) is 19.4 Å². The molecule has 3 aliphatic rings. The highest BCUT2D eigenvalue weighted by Gasteiger charge is 2.62. The maximum absolute atomic E-state index is 14.3. The van der Waals surface area contributed by atoms with E-state index >= 15 is 0 Å². The zero-order valence-electron chi connectivity index (χ0n) is 27.9. The van der Waals surface area contributed by atoms with Gasteiger partial charge in [0, 0.05) is 12.5 Å². The van der Waals surface area contributed by atoms with Crippen LogP contribution >= 0.6 is 11.3 Å².